The molecule has 0 amide bonds. The molecule has 1 atom stereocenters. The van der Waals surface area contributed by atoms with Crippen molar-refractivity contribution in [1.82, 2.24) is 19.6 Å². The first kappa shape index (κ1) is 14.7. The molecule has 1 aliphatic heterocycles. The zero-order valence-corrected chi connectivity index (χ0v) is 12.7. The van der Waals surface area contributed by atoms with E-state index in [1.54, 1.807) is 10.4 Å². The van der Waals surface area contributed by atoms with Gasteiger partial charge in [0, 0.05) is 37.6 Å². The van der Waals surface area contributed by atoms with Crippen LogP contribution in [0.2, 0.25) is 0 Å². The molecule has 0 radical (unpaired) electrons. The van der Waals surface area contributed by atoms with E-state index >= 15 is 0 Å². The SMILES string of the molecule is O=S(=O)(Nc1ncccn1)N1CCCCC1CNC1CC1. The van der Waals surface area contributed by atoms with Crippen molar-refractivity contribution in [1.29, 1.82) is 0 Å². The van der Waals surface area contributed by atoms with E-state index in [9.17, 15) is 8.42 Å². The standard InChI is InChI=1S/C13H21N5O2S/c19-21(20,17-13-14-7-3-8-15-13)18-9-2-1-4-12(18)10-16-11-5-6-11/h3,7-8,11-12,16H,1-2,4-6,9-10H2,(H,14,15,17). The maximum atomic E-state index is 12.5. The van der Waals surface area contributed by atoms with Crippen molar-refractivity contribution in [3.05, 3.63) is 18.5 Å². The van der Waals surface area contributed by atoms with E-state index in [0.29, 0.717) is 12.6 Å². The summed E-state index contributed by atoms with van der Waals surface area (Å²) in [5.74, 6) is 0.122. The van der Waals surface area contributed by atoms with Crippen LogP contribution in [0.4, 0.5) is 5.95 Å². The van der Waals surface area contributed by atoms with Crippen LogP contribution < -0.4 is 10.0 Å². The molecule has 1 aromatic rings. The molecule has 2 heterocycles. The second-order valence-corrected chi connectivity index (χ2v) is 7.25. The smallest absolute Gasteiger partial charge is 0.304 e. The number of hydrogen-bond donors (Lipinski definition) is 2. The molecule has 3 rings (SSSR count). The van der Waals surface area contributed by atoms with Crippen LogP contribution in [0.1, 0.15) is 32.1 Å². The number of hydrogen-bond acceptors (Lipinski definition) is 5. The number of rotatable bonds is 6. The maximum absolute atomic E-state index is 12.5. The van der Waals surface area contributed by atoms with E-state index < -0.39 is 10.2 Å². The van der Waals surface area contributed by atoms with Gasteiger partial charge in [0.1, 0.15) is 0 Å². The first-order chi connectivity index (χ1) is 10.1. The van der Waals surface area contributed by atoms with Gasteiger partial charge in [-0.1, -0.05) is 6.42 Å². The molecule has 21 heavy (non-hydrogen) atoms. The van der Waals surface area contributed by atoms with Gasteiger partial charge in [0.05, 0.1) is 0 Å². The number of anilines is 1. The zero-order valence-electron chi connectivity index (χ0n) is 11.9. The minimum absolute atomic E-state index is 0.0144. The summed E-state index contributed by atoms with van der Waals surface area (Å²) in [4.78, 5) is 7.85. The molecule has 0 aromatic carbocycles. The van der Waals surface area contributed by atoms with Crippen LogP contribution in [-0.4, -0.2) is 47.9 Å². The molecule has 0 bridgehead atoms. The van der Waals surface area contributed by atoms with E-state index in [1.807, 2.05) is 0 Å². The molecule has 1 unspecified atom stereocenters. The number of aromatic nitrogens is 2. The number of nitrogens with zero attached hydrogens (tertiary/aromatic N) is 3. The second kappa shape index (κ2) is 6.25. The lowest BCUT2D eigenvalue weighted by molar-refractivity contribution is 0.246. The summed E-state index contributed by atoms with van der Waals surface area (Å²) in [5.41, 5.74) is 0. The normalized spacial score (nSPS) is 23.9. The molecule has 8 heteroatoms. The third-order valence-corrected chi connectivity index (χ3v) is 5.43. The lowest BCUT2D eigenvalue weighted by atomic mass is 10.1. The largest absolute Gasteiger partial charge is 0.312 e. The Labute approximate surface area is 125 Å². The monoisotopic (exact) mass is 311 g/mol. The van der Waals surface area contributed by atoms with Crippen molar-refractivity contribution in [2.24, 2.45) is 0 Å². The minimum atomic E-state index is -3.59. The third-order valence-electron chi connectivity index (χ3n) is 3.89. The van der Waals surface area contributed by atoms with E-state index in [1.165, 1.54) is 25.2 Å². The highest BCUT2D eigenvalue weighted by molar-refractivity contribution is 7.90. The number of nitrogens with one attached hydrogen (secondary N) is 2. The first-order valence-electron chi connectivity index (χ1n) is 7.45. The highest BCUT2D eigenvalue weighted by Crippen LogP contribution is 2.23. The molecule has 116 valence electrons. The Morgan fingerprint density at radius 2 is 1.95 bits per heavy atom. The van der Waals surface area contributed by atoms with Gasteiger partial charge >= 0.3 is 10.2 Å². The lowest BCUT2D eigenvalue weighted by Gasteiger charge is -2.34. The molecule has 2 fully saturated rings. The van der Waals surface area contributed by atoms with E-state index in [0.717, 1.165) is 25.8 Å². The fourth-order valence-electron chi connectivity index (χ4n) is 2.61. The quantitative estimate of drug-likeness (QED) is 0.809. The molecule has 1 aromatic heterocycles. The van der Waals surface area contributed by atoms with E-state index in [4.69, 9.17) is 0 Å². The van der Waals surface area contributed by atoms with Gasteiger partial charge in [-0.2, -0.15) is 12.7 Å². The van der Waals surface area contributed by atoms with Crippen molar-refractivity contribution in [2.45, 2.75) is 44.2 Å². The van der Waals surface area contributed by atoms with Gasteiger partial charge in [0.2, 0.25) is 5.95 Å². The lowest BCUT2D eigenvalue weighted by Crippen LogP contribution is -2.50. The van der Waals surface area contributed by atoms with Crippen LogP contribution >= 0.6 is 0 Å². The summed E-state index contributed by atoms with van der Waals surface area (Å²) in [7, 11) is -3.59. The highest BCUT2D eigenvalue weighted by Gasteiger charge is 2.33. The molecule has 7 nitrogen and oxygen atoms in total. The van der Waals surface area contributed by atoms with Crippen molar-refractivity contribution < 1.29 is 8.42 Å². The average molecular weight is 311 g/mol. The van der Waals surface area contributed by atoms with Crippen molar-refractivity contribution in [3.8, 4) is 0 Å². The Morgan fingerprint density at radius 1 is 1.19 bits per heavy atom. The Hall–Kier alpha value is -1.25. The summed E-state index contributed by atoms with van der Waals surface area (Å²) >= 11 is 0. The van der Waals surface area contributed by atoms with Crippen LogP contribution in [0.15, 0.2) is 18.5 Å². The minimum Gasteiger partial charge on any atom is -0.312 e. The summed E-state index contributed by atoms with van der Waals surface area (Å²) < 4.78 is 29.1. The predicted molar refractivity (Wildman–Crippen MR) is 79.9 cm³/mol. The van der Waals surface area contributed by atoms with Gasteiger partial charge in [0.15, 0.2) is 0 Å². The van der Waals surface area contributed by atoms with Gasteiger partial charge in [-0.25, -0.2) is 14.7 Å². The summed E-state index contributed by atoms with van der Waals surface area (Å²) in [6.07, 6.45) is 8.32. The molecule has 1 saturated heterocycles. The van der Waals surface area contributed by atoms with Crippen LogP contribution in [0, 0.1) is 0 Å². The molecular formula is C13H21N5O2S. The number of piperidine rings is 1. The molecule has 2 N–H and O–H groups in total. The van der Waals surface area contributed by atoms with Crippen molar-refractivity contribution in [3.63, 3.8) is 0 Å². The third kappa shape index (κ3) is 3.90. The maximum Gasteiger partial charge on any atom is 0.304 e. The molecule has 2 aliphatic rings. The zero-order chi connectivity index (χ0) is 14.7. The Balaban J connectivity index is 1.68. The van der Waals surface area contributed by atoms with Crippen LogP contribution in [0.5, 0.6) is 0 Å². The molecule has 0 spiro atoms. The summed E-state index contributed by atoms with van der Waals surface area (Å²) in [6.45, 7) is 1.28. The van der Waals surface area contributed by atoms with Gasteiger partial charge in [-0.15, -0.1) is 0 Å². The van der Waals surface area contributed by atoms with Gasteiger partial charge in [-0.05, 0) is 31.7 Å². The Morgan fingerprint density at radius 3 is 2.67 bits per heavy atom. The Kier molecular flexibility index (Phi) is 4.37. The van der Waals surface area contributed by atoms with Crippen LogP contribution in [0.25, 0.3) is 0 Å². The summed E-state index contributed by atoms with van der Waals surface area (Å²) in [6, 6.07) is 2.25. The predicted octanol–water partition coefficient (Wildman–Crippen LogP) is 0.740. The van der Waals surface area contributed by atoms with Gasteiger partial charge in [0.25, 0.3) is 0 Å². The molecule has 1 aliphatic carbocycles. The summed E-state index contributed by atoms with van der Waals surface area (Å²) in [5, 5.41) is 3.43. The second-order valence-electron chi connectivity index (χ2n) is 5.62. The van der Waals surface area contributed by atoms with E-state index in [2.05, 4.69) is 20.0 Å². The van der Waals surface area contributed by atoms with Gasteiger partial charge in [-0.3, -0.25) is 0 Å². The highest BCUT2D eigenvalue weighted by atomic mass is 32.2. The van der Waals surface area contributed by atoms with Gasteiger partial charge < -0.3 is 5.32 Å². The fourth-order valence-corrected chi connectivity index (χ4v) is 4.01. The van der Waals surface area contributed by atoms with Crippen molar-refractivity contribution >= 4 is 16.2 Å². The molecule has 1 saturated carbocycles. The first-order valence-corrected chi connectivity index (χ1v) is 8.89. The van der Waals surface area contributed by atoms with Crippen LogP contribution in [-0.2, 0) is 10.2 Å². The molecular weight excluding hydrogens is 290 g/mol. The topological polar surface area (TPSA) is 87.2 Å². The van der Waals surface area contributed by atoms with Crippen LogP contribution in [0.3, 0.4) is 0 Å². The average Bonchev–Trinajstić information content (AvgIpc) is 3.30. The fraction of sp³-hybridized carbons (Fsp3) is 0.692. The van der Waals surface area contributed by atoms with E-state index in [-0.39, 0.29) is 12.0 Å². The Bertz CT molecular complexity index is 561. The van der Waals surface area contributed by atoms with Crippen molar-refractivity contribution in [2.75, 3.05) is 17.8 Å².